The first-order valence-corrected chi connectivity index (χ1v) is 13.1. The van der Waals surface area contributed by atoms with Gasteiger partial charge >= 0.3 is 0 Å². The Morgan fingerprint density at radius 3 is 1.65 bits per heavy atom. The second-order valence-electron chi connectivity index (χ2n) is 12.0. The van der Waals surface area contributed by atoms with Crippen LogP contribution in [0.25, 0.3) is 0 Å². The fourth-order valence-corrected chi connectivity index (χ4v) is 4.16. The van der Waals surface area contributed by atoms with E-state index in [4.69, 9.17) is 0 Å². The van der Waals surface area contributed by atoms with Crippen LogP contribution in [0.15, 0.2) is 30.3 Å². The van der Waals surface area contributed by atoms with Crippen molar-refractivity contribution < 1.29 is 9.38 Å². The first-order chi connectivity index (χ1) is 14.4. The second kappa shape index (κ2) is 15.1. The van der Waals surface area contributed by atoms with Crippen molar-refractivity contribution in [1.82, 2.24) is 0 Å². The number of benzene rings is 1. The quantitative estimate of drug-likeness (QED) is 0.334. The molecule has 182 valence electrons. The number of quaternary nitrogens is 2. The van der Waals surface area contributed by atoms with Gasteiger partial charge in [0.1, 0.15) is 5.69 Å². The minimum Gasteiger partial charge on any atom is -0.324 e. The van der Waals surface area contributed by atoms with Gasteiger partial charge in [0.05, 0.1) is 39.8 Å². The van der Waals surface area contributed by atoms with Gasteiger partial charge in [-0.25, -0.2) is 0 Å². The van der Waals surface area contributed by atoms with Gasteiger partial charge in [0.15, 0.2) is 0 Å². The van der Waals surface area contributed by atoms with E-state index in [0.29, 0.717) is 10.8 Å². The van der Waals surface area contributed by atoms with E-state index in [1.54, 1.807) is 0 Å². The van der Waals surface area contributed by atoms with Gasteiger partial charge in [-0.3, -0.25) is 0 Å². The highest BCUT2D eigenvalue weighted by Gasteiger charge is 2.23. The van der Waals surface area contributed by atoms with Crippen LogP contribution in [-0.4, -0.2) is 44.3 Å². The van der Waals surface area contributed by atoms with E-state index >= 15 is 0 Å². The lowest BCUT2D eigenvalue weighted by Gasteiger charge is -2.37. The highest BCUT2D eigenvalue weighted by Crippen LogP contribution is 2.22. The first-order valence-electron chi connectivity index (χ1n) is 13.1. The van der Waals surface area contributed by atoms with Crippen LogP contribution in [0.1, 0.15) is 101 Å². The lowest BCUT2D eigenvalue weighted by atomic mass is 9.90. The van der Waals surface area contributed by atoms with Crippen LogP contribution in [0.5, 0.6) is 0 Å². The SMILES string of the molecule is CCCC[N+](CC)(CC)CCCC(C)(C)C.C[NH+](CCCC(C)(C)C)c1ccccc1. The molecule has 0 amide bonds. The van der Waals surface area contributed by atoms with Crippen LogP contribution < -0.4 is 4.90 Å². The Balaban J connectivity index is 0.000000581. The average molecular weight is 435 g/mol. The van der Waals surface area contributed by atoms with Crippen LogP contribution in [0.3, 0.4) is 0 Å². The zero-order valence-electron chi connectivity index (χ0n) is 23.1. The maximum Gasteiger partial charge on any atom is 0.130 e. The molecule has 0 saturated carbocycles. The molecule has 1 aromatic carbocycles. The molecule has 2 heteroatoms. The number of rotatable bonds is 12. The minimum atomic E-state index is 0.469. The minimum absolute atomic E-state index is 0.469. The normalized spacial score (nSPS) is 13.5. The third-order valence-corrected chi connectivity index (χ3v) is 6.63. The average Bonchev–Trinajstić information content (AvgIpc) is 2.70. The van der Waals surface area contributed by atoms with Crippen LogP contribution >= 0.6 is 0 Å². The Bertz CT molecular complexity index is 532. The third-order valence-electron chi connectivity index (χ3n) is 6.63. The maximum atomic E-state index is 2.36. The molecule has 1 N–H and O–H groups in total. The first kappa shape index (κ1) is 30.1. The molecule has 1 atom stereocenters. The molecule has 1 unspecified atom stereocenters. The summed E-state index contributed by atoms with van der Waals surface area (Å²) in [5.41, 5.74) is 2.37. The van der Waals surface area contributed by atoms with Crippen molar-refractivity contribution in [2.45, 2.75) is 101 Å². The topological polar surface area (TPSA) is 4.44 Å². The van der Waals surface area contributed by atoms with Crippen LogP contribution in [0.4, 0.5) is 5.69 Å². The number of nitrogens with one attached hydrogen (secondary N) is 1. The van der Waals surface area contributed by atoms with Crippen molar-refractivity contribution in [2.75, 3.05) is 39.8 Å². The van der Waals surface area contributed by atoms with E-state index in [9.17, 15) is 0 Å². The summed E-state index contributed by atoms with van der Waals surface area (Å²) in [7, 11) is 2.25. The fourth-order valence-electron chi connectivity index (χ4n) is 4.16. The Labute approximate surface area is 197 Å². The molecule has 0 heterocycles. The van der Waals surface area contributed by atoms with Gasteiger partial charge in [0.2, 0.25) is 0 Å². The van der Waals surface area contributed by atoms with Gasteiger partial charge in [-0.15, -0.1) is 0 Å². The number of para-hydroxylation sites is 1. The van der Waals surface area contributed by atoms with E-state index in [1.165, 1.54) is 86.3 Å². The van der Waals surface area contributed by atoms with Gasteiger partial charge in [-0.2, -0.15) is 0 Å². The fraction of sp³-hybridized carbons (Fsp3) is 0.793. The summed E-state index contributed by atoms with van der Waals surface area (Å²) in [4.78, 5) is 1.51. The van der Waals surface area contributed by atoms with Gasteiger partial charge in [-0.1, -0.05) is 73.1 Å². The lowest BCUT2D eigenvalue weighted by Crippen LogP contribution is -3.03. The van der Waals surface area contributed by atoms with E-state index in [-0.39, 0.29) is 0 Å². The zero-order chi connectivity index (χ0) is 24.0. The standard InChI is InChI=1S/C15H34N.C14H23N/c1-7-10-13-16(8-2,9-3)14-11-12-15(4,5)6;1-14(2,3)11-8-12-15(4)13-9-6-5-7-10-13/h7-14H2,1-6H3;5-7,9-10H,8,11-12H2,1-4H3/q+1;/p+1. The third kappa shape index (κ3) is 15.6. The summed E-state index contributed by atoms with van der Waals surface area (Å²) in [6.07, 6.45) is 8.06. The molecule has 31 heavy (non-hydrogen) atoms. The molecule has 0 aliphatic rings. The Kier molecular flexibility index (Phi) is 14.6. The maximum absolute atomic E-state index is 2.36. The highest BCUT2D eigenvalue weighted by molar-refractivity contribution is 5.27. The summed E-state index contributed by atoms with van der Waals surface area (Å²) >= 11 is 0. The number of unbranched alkanes of at least 4 members (excludes halogenated alkanes) is 1. The molecule has 0 radical (unpaired) electrons. The molecule has 0 fully saturated rings. The summed E-state index contributed by atoms with van der Waals surface area (Å²) in [5.74, 6) is 0. The largest absolute Gasteiger partial charge is 0.324 e. The van der Waals surface area contributed by atoms with Crippen LogP contribution in [0, 0.1) is 10.8 Å². The Hall–Kier alpha value is -0.860. The van der Waals surface area contributed by atoms with E-state index in [2.05, 4.69) is 99.7 Å². The van der Waals surface area contributed by atoms with Crippen molar-refractivity contribution in [2.24, 2.45) is 10.8 Å². The molecule has 0 saturated heterocycles. The molecule has 0 aliphatic heterocycles. The molecule has 0 aromatic heterocycles. The molecule has 0 aliphatic carbocycles. The molecule has 0 spiro atoms. The highest BCUT2D eigenvalue weighted by atomic mass is 15.3. The Morgan fingerprint density at radius 1 is 0.710 bits per heavy atom. The van der Waals surface area contributed by atoms with Crippen molar-refractivity contribution in [3.8, 4) is 0 Å². The monoisotopic (exact) mass is 434 g/mol. The summed E-state index contributed by atoms with van der Waals surface area (Å²) in [5, 5.41) is 0. The molecule has 1 rings (SSSR count). The van der Waals surface area contributed by atoms with Gasteiger partial charge in [-0.05, 0) is 68.9 Å². The molecule has 2 nitrogen and oxygen atoms in total. The molecule has 1 aromatic rings. The zero-order valence-corrected chi connectivity index (χ0v) is 23.1. The summed E-state index contributed by atoms with van der Waals surface area (Å²) in [6.45, 7) is 27.6. The van der Waals surface area contributed by atoms with Crippen molar-refractivity contribution >= 4 is 5.69 Å². The summed E-state index contributed by atoms with van der Waals surface area (Å²) < 4.78 is 1.34. The van der Waals surface area contributed by atoms with E-state index < -0.39 is 0 Å². The van der Waals surface area contributed by atoms with Crippen molar-refractivity contribution in [3.05, 3.63) is 30.3 Å². The van der Waals surface area contributed by atoms with Crippen LogP contribution in [-0.2, 0) is 0 Å². The van der Waals surface area contributed by atoms with Gasteiger partial charge in [0, 0.05) is 0 Å². The van der Waals surface area contributed by atoms with E-state index in [1.807, 2.05) is 0 Å². The molecule has 0 bridgehead atoms. The predicted molar refractivity (Wildman–Crippen MR) is 141 cm³/mol. The predicted octanol–water partition coefficient (Wildman–Crippen LogP) is 7.13. The smallest absolute Gasteiger partial charge is 0.130 e. The number of hydrogen-bond acceptors (Lipinski definition) is 0. The number of nitrogens with zero attached hydrogens (tertiary/aromatic N) is 1. The molecular formula is C29H58N2+2. The van der Waals surface area contributed by atoms with Crippen molar-refractivity contribution in [3.63, 3.8) is 0 Å². The van der Waals surface area contributed by atoms with Gasteiger partial charge in [0.25, 0.3) is 0 Å². The number of hydrogen-bond donors (Lipinski definition) is 1. The summed E-state index contributed by atoms with van der Waals surface area (Å²) in [6, 6.07) is 10.7. The molecular weight excluding hydrogens is 376 g/mol. The second-order valence-corrected chi connectivity index (χ2v) is 12.0. The van der Waals surface area contributed by atoms with E-state index in [0.717, 1.165) is 0 Å². The van der Waals surface area contributed by atoms with Crippen molar-refractivity contribution in [1.29, 1.82) is 0 Å². The van der Waals surface area contributed by atoms with Gasteiger partial charge < -0.3 is 9.38 Å². The van der Waals surface area contributed by atoms with Crippen LogP contribution in [0.2, 0.25) is 0 Å². The lowest BCUT2D eigenvalue weighted by molar-refractivity contribution is -0.925. The Morgan fingerprint density at radius 2 is 1.19 bits per heavy atom.